The van der Waals surface area contributed by atoms with Gasteiger partial charge in [0.05, 0.1) is 23.9 Å². The number of ether oxygens (including phenoxy) is 1. The Balaban J connectivity index is 2.06. The van der Waals surface area contributed by atoms with Gasteiger partial charge in [-0.15, -0.1) is 0 Å². The molecule has 0 atom stereocenters. The van der Waals surface area contributed by atoms with Crippen molar-refractivity contribution in [3.63, 3.8) is 0 Å². The SMILES string of the molecule is CC(C)(C)OC(=O)Nc1ccc(NC2=CC(=O)N(CCO)C2=O)cc1Cl. The number of carbonyl (C=O) groups excluding carboxylic acids is 3. The first-order chi connectivity index (χ1) is 12.1. The van der Waals surface area contributed by atoms with Crippen molar-refractivity contribution < 1.29 is 24.2 Å². The van der Waals surface area contributed by atoms with Crippen LogP contribution in [0.2, 0.25) is 5.02 Å². The zero-order valence-electron chi connectivity index (χ0n) is 14.6. The summed E-state index contributed by atoms with van der Waals surface area (Å²) in [4.78, 5) is 36.5. The fourth-order valence-corrected chi connectivity index (χ4v) is 2.40. The number of carbonyl (C=O) groups is 3. The molecule has 1 heterocycles. The molecule has 0 fully saturated rings. The second kappa shape index (κ2) is 7.76. The predicted molar refractivity (Wildman–Crippen MR) is 96.8 cm³/mol. The highest BCUT2D eigenvalue weighted by atomic mass is 35.5. The van der Waals surface area contributed by atoms with Gasteiger partial charge in [0.15, 0.2) is 0 Å². The van der Waals surface area contributed by atoms with E-state index in [-0.39, 0.29) is 23.9 Å². The van der Waals surface area contributed by atoms with E-state index in [0.717, 1.165) is 11.0 Å². The van der Waals surface area contributed by atoms with E-state index in [1.165, 1.54) is 6.07 Å². The van der Waals surface area contributed by atoms with Crippen LogP contribution in [0.15, 0.2) is 30.0 Å². The summed E-state index contributed by atoms with van der Waals surface area (Å²) < 4.78 is 5.15. The van der Waals surface area contributed by atoms with Gasteiger partial charge in [0.1, 0.15) is 11.3 Å². The van der Waals surface area contributed by atoms with E-state index in [9.17, 15) is 14.4 Å². The Kier molecular flexibility index (Phi) is 5.89. The van der Waals surface area contributed by atoms with Gasteiger partial charge in [0, 0.05) is 11.8 Å². The molecule has 0 radical (unpaired) electrons. The van der Waals surface area contributed by atoms with E-state index in [0.29, 0.717) is 11.4 Å². The first-order valence-electron chi connectivity index (χ1n) is 7.85. The largest absolute Gasteiger partial charge is 0.444 e. The first kappa shape index (κ1) is 19.7. The quantitative estimate of drug-likeness (QED) is 0.676. The number of halogens is 1. The molecule has 0 saturated heterocycles. The molecule has 0 bridgehead atoms. The summed E-state index contributed by atoms with van der Waals surface area (Å²) in [6.45, 7) is 4.85. The molecular weight excluding hydrogens is 362 g/mol. The minimum Gasteiger partial charge on any atom is -0.444 e. The highest BCUT2D eigenvalue weighted by Gasteiger charge is 2.30. The third-order valence-electron chi connectivity index (χ3n) is 3.22. The summed E-state index contributed by atoms with van der Waals surface area (Å²) in [7, 11) is 0. The van der Waals surface area contributed by atoms with Crippen LogP contribution in [-0.4, -0.2) is 46.7 Å². The van der Waals surface area contributed by atoms with Crippen LogP contribution >= 0.6 is 11.6 Å². The number of benzene rings is 1. The summed E-state index contributed by atoms with van der Waals surface area (Å²) in [5, 5.41) is 14.5. The summed E-state index contributed by atoms with van der Waals surface area (Å²) >= 11 is 6.15. The van der Waals surface area contributed by atoms with Crippen LogP contribution in [0.1, 0.15) is 20.8 Å². The molecule has 3 N–H and O–H groups in total. The molecule has 2 rings (SSSR count). The van der Waals surface area contributed by atoms with Gasteiger partial charge in [-0.2, -0.15) is 0 Å². The summed E-state index contributed by atoms with van der Waals surface area (Å²) in [5.74, 6) is -1.03. The molecule has 3 amide bonds. The van der Waals surface area contributed by atoms with Gasteiger partial charge in [0.25, 0.3) is 11.8 Å². The molecule has 0 aliphatic carbocycles. The highest BCUT2D eigenvalue weighted by Crippen LogP contribution is 2.27. The number of anilines is 2. The number of aliphatic hydroxyl groups excluding tert-OH is 1. The van der Waals surface area contributed by atoms with Crippen molar-refractivity contribution in [2.24, 2.45) is 0 Å². The Labute approximate surface area is 155 Å². The zero-order valence-corrected chi connectivity index (χ0v) is 15.4. The smallest absolute Gasteiger partial charge is 0.412 e. The number of hydrogen-bond donors (Lipinski definition) is 3. The summed E-state index contributed by atoms with van der Waals surface area (Å²) in [5.41, 5.74) is 0.243. The van der Waals surface area contributed by atoms with Gasteiger partial charge in [0.2, 0.25) is 0 Å². The molecule has 0 spiro atoms. The number of β-amino-alcohol motifs (C(OH)–C–C–N with tert-alkyl or cyclic N) is 1. The number of nitrogens with zero attached hydrogens (tertiary/aromatic N) is 1. The van der Waals surface area contributed by atoms with E-state index in [4.69, 9.17) is 21.4 Å². The van der Waals surface area contributed by atoms with Crippen LogP contribution in [0.4, 0.5) is 16.2 Å². The van der Waals surface area contributed by atoms with Gasteiger partial charge in [-0.1, -0.05) is 11.6 Å². The number of amides is 3. The topological polar surface area (TPSA) is 108 Å². The number of rotatable bonds is 5. The van der Waals surface area contributed by atoms with Gasteiger partial charge in [-0.3, -0.25) is 19.8 Å². The molecule has 1 aromatic rings. The third kappa shape index (κ3) is 4.96. The van der Waals surface area contributed by atoms with Gasteiger partial charge in [-0.05, 0) is 39.0 Å². The predicted octanol–water partition coefficient (Wildman–Crippen LogP) is 2.34. The standard InChI is InChI=1S/C17H20ClN3O5/c1-17(2,3)26-16(25)20-12-5-4-10(8-11(12)18)19-13-9-14(23)21(6-7-22)15(13)24/h4-5,8-9,19,22H,6-7H2,1-3H3,(H,20,25). The molecule has 26 heavy (non-hydrogen) atoms. The Morgan fingerprint density at radius 1 is 1.31 bits per heavy atom. The molecular formula is C17H20ClN3O5. The van der Waals surface area contributed by atoms with E-state index in [1.54, 1.807) is 32.9 Å². The number of aliphatic hydroxyl groups is 1. The van der Waals surface area contributed by atoms with E-state index < -0.39 is 23.5 Å². The van der Waals surface area contributed by atoms with Gasteiger partial charge >= 0.3 is 6.09 Å². The molecule has 9 heteroatoms. The Morgan fingerprint density at radius 2 is 2.00 bits per heavy atom. The van der Waals surface area contributed by atoms with Crippen LogP contribution in [-0.2, 0) is 14.3 Å². The lowest BCUT2D eigenvalue weighted by Crippen LogP contribution is -2.34. The molecule has 0 aromatic heterocycles. The van der Waals surface area contributed by atoms with Crippen molar-refractivity contribution >= 4 is 40.9 Å². The van der Waals surface area contributed by atoms with Gasteiger partial charge < -0.3 is 15.2 Å². The Hall–Kier alpha value is -2.58. The fourth-order valence-electron chi connectivity index (χ4n) is 2.17. The summed E-state index contributed by atoms with van der Waals surface area (Å²) in [6.07, 6.45) is 0.512. The monoisotopic (exact) mass is 381 g/mol. The second-order valence-electron chi connectivity index (χ2n) is 6.52. The Morgan fingerprint density at radius 3 is 2.58 bits per heavy atom. The lowest BCUT2D eigenvalue weighted by Gasteiger charge is -2.20. The highest BCUT2D eigenvalue weighted by molar-refractivity contribution is 6.34. The normalized spacial score (nSPS) is 14.3. The van der Waals surface area contributed by atoms with Crippen LogP contribution in [0.25, 0.3) is 0 Å². The maximum absolute atomic E-state index is 12.1. The lowest BCUT2D eigenvalue weighted by atomic mass is 10.2. The Bertz CT molecular complexity index is 770. The fraction of sp³-hybridized carbons (Fsp3) is 0.353. The van der Waals surface area contributed by atoms with E-state index >= 15 is 0 Å². The summed E-state index contributed by atoms with van der Waals surface area (Å²) in [6, 6.07) is 4.63. The minimum absolute atomic E-state index is 0.0706. The zero-order chi connectivity index (χ0) is 19.5. The molecule has 0 unspecified atom stereocenters. The molecule has 1 aliphatic rings. The maximum Gasteiger partial charge on any atom is 0.412 e. The van der Waals surface area contributed by atoms with Crippen molar-refractivity contribution in [1.29, 1.82) is 0 Å². The molecule has 0 saturated carbocycles. The van der Waals surface area contributed by atoms with Gasteiger partial charge in [-0.25, -0.2) is 4.79 Å². The molecule has 140 valence electrons. The number of hydrogen-bond acceptors (Lipinski definition) is 6. The number of imide groups is 1. The van der Waals surface area contributed by atoms with Crippen molar-refractivity contribution in [1.82, 2.24) is 4.90 Å². The van der Waals surface area contributed by atoms with Crippen LogP contribution in [0.3, 0.4) is 0 Å². The average Bonchev–Trinajstić information content (AvgIpc) is 2.76. The first-order valence-corrected chi connectivity index (χ1v) is 8.23. The van der Waals surface area contributed by atoms with E-state index in [2.05, 4.69) is 10.6 Å². The molecule has 1 aliphatic heterocycles. The van der Waals surface area contributed by atoms with Crippen molar-refractivity contribution in [2.45, 2.75) is 26.4 Å². The number of nitrogens with one attached hydrogen (secondary N) is 2. The minimum atomic E-state index is -0.640. The lowest BCUT2D eigenvalue weighted by molar-refractivity contribution is -0.137. The second-order valence-corrected chi connectivity index (χ2v) is 6.93. The van der Waals surface area contributed by atoms with Crippen molar-refractivity contribution in [3.8, 4) is 0 Å². The third-order valence-corrected chi connectivity index (χ3v) is 3.53. The van der Waals surface area contributed by atoms with E-state index in [1.807, 2.05) is 0 Å². The average molecular weight is 382 g/mol. The van der Waals surface area contributed by atoms with Crippen LogP contribution in [0.5, 0.6) is 0 Å². The van der Waals surface area contributed by atoms with Crippen molar-refractivity contribution in [3.05, 3.63) is 35.0 Å². The van der Waals surface area contributed by atoms with Crippen LogP contribution < -0.4 is 10.6 Å². The molecule has 8 nitrogen and oxygen atoms in total. The van der Waals surface area contributed by atoms with Crippen molar-refractivity contribution in [2.75, 3.05) is 23.8 Å². The van der Waals surface area contributed by atoms with Crippen LogP contribution in [0, 0.1) is 0 Å². The maximum atomic E-state index is 12.1. The molecule has 1 aromatic carbocycles.